The van der Waals surface area contributed by atoms with E-state index in [1.165, 1.54) is 0 Å². The van der Waals surface area contributed by atoms with E-state index in [0.29, 0.717) is 50.8 Å². The van der Waals surface area contributed by atoms with Gasteiger partial charge in [0.1, 0.15) is 23.2 Å². The first-order chi connectivity index (χ1) is 15.4. The number of likely N-dealkylation sites (tertiary alicyclic amines) is 1. The van der Waals surface area contributed by atoms with Gasteiger partial charge in [-0.15, -0.1) is 0 Å². The minimum absolute atomic E-state index is 0.0639. The van der Waals surface area contributed by atoms with Crippen LogP contribution in [-0.2, 0) is 11.2 Å². The van der Waals surface area contributed by atoms with Crippen LogP contribution in [0.1, 0.15) is 48.0 Å². The highest BCUT2D eigenvalue weighted by molar-refractivity contribution is 6.44. The molecule has 0 bridgehead atoms. The number of nitrogens with two attached hydrogens (primary N) is 1. The van der Waals surface area contributed by atoms with E-state index < -0.39 is 13.1 Å². The molecule has 0 atom stereocenters. The van der Waals surface area contributed by atoms with Crippen molar-refractivity contribution in [2.24, 2.45) is 11.7 Å². The molecule has 3 aliphatic rings. The van der Waals surface area contributed by atoms with Gasteiger partial charge in [0.15, 0.2) is 0 Å². The molecule has 174 valence electrons. The van der Waals surface area contributed by atoms with Crippen molar-refractivity contribution in [1.29, 1.82) is 0 Å². The molecule has 2 aliphatic heterocycles. The summed E-state index contributed by atoms with van der Waals surface area (Å²) in [6, 6.07) is 3.94. The van der Waals surface area contributed by atoms with E-state index in [2.05, 4.69) is 5.32 Å². The van der Waals surface area contributed by atoms with Crippen LogP contribution in [0.3, 0.4) is 0 Å². The molecule has 32 heavy (non-hydrogen) atoms. The van der Waals surface area contributed by atoms with Crippen molar-refractivity contribution in [2.45, 2.75) is 57.0 Å². The second-order valence-electron chi connectivity index (χ2n) is 9.05. The number of ether oxygens (including phenoxy) is 1. The highest BCUT2D eigenvalue weighted by Crippen LogP contribution is 2.37. The Morgan fingerprint density at radius 3 is 2.69 bits per heavy atom. The van der Waals surface area contributed by atoms with E-state index in [1.807, 2.05) is 0 Å². The number of amides is 1. The van der Waals surface area contributed by atoms with Crippen LogP contribution in [0.4, 0.5) is 0 Å². The summed E-state index contributed by atoms with van der Waals surface area (Å²) < 4.78 is 11.3. The summed E-state index contributed by atoms with van der Waals surface area (Å²) in [6.07, 6.45) is 5.54. The zero-order valence-corrected chi connectivity index (χ0v) is 18.3. The summed E-state index contributed by atoms with van der Waals surface area (Å²) in [5.41, 5.74) is 6.23. The van der Waals surface area contributed by atoms with Crippen LogP contribution in [0.2, 0.25) is 6.32 Å². The van der Waals surface area contributed by atoms with Gasteiger partial charge in [0, 0.05) is 25.6 Å². The third-order valence-corrected chi connectivity index (χ3v) is 6.71. The number of carbonyl (C=O) groups excluding carboxylic acids is 1. The van der Waals surface area contributed by atoms with E-state index >= 15 is 0 Å². The number of aromatic carboxylic acids is 1. The Kier molecular flexibility index (Phi) is 7.22. The summed E-state index contributed by atoms with van der Waals surface area (Å²) in [5.74, 6) is -0.210. The maximum Gasteiger partial charge on any atom is 0.522 e. The lowest BCUT2D eigenvalue weighted by atomic mass is 9.78. The van der Waals surface area contributed by atoms with Gasteiger partial charge in [0.2, 0.25) is 5.91 Å². The van der Waals surface area contributed by atoms with E-state index in [1.54, 1.807) is 17.0 Å². The molecule has 0 aromatic heterocycles. The van der Waals surface area contributed by atoms with E-state index in [4.69, 9.17) is 15.1 Å². The third-order valence-electron chi connectivity index (χ3n) is 6.71. The van der Waals surface area contributed by atoms with Gasteiger partial charge in [-0.2, -0.15) is 0 Å². The molecule has 0 unspecified atom stereocenters. The van der Waals surface area contributed by atoms with Crippen LogP contribution in [0.5, 0.6) is 11.5 Å². The Labute approximate surface area is 188 Å². The number of rotatable bonds is 8. The predicted octanol–water partition coefficient (Wildman–Crippen LogP) is 0.887. The molecule has 2 fully saturated rings. The maximum absolute atomic E-state index is 12.6. The van der Waals surface area contributed by atoms with Crippen molar-refractivity contribution in [3.8, 4) is 11.5 Å². The molecule has 1 amide bonds. The van der Waals surface area contributed by atoms with Crippen LogP contribution in [0.25, 0.3) is 0 Å². The Morgan fingerprint density at radius 1 is 1.25 bits per heavy atom. The van der Waals surface area contributed by atoms with Gasteiger partial charge >= 0.3 is 13.1 Å². The number of benzene rings is 1. The van der Waals surface area contributed by atoms with Crippen LogP contribution < -0.4 is 20.4 Å². The molecular formula is C22H32BN3O6. The van der Waals surface area contributed by atoms with Crippen LogP contribution in [-0.4, -0.2) is 72.4 Å². The Morgan fingerprint density at radius 2 is 2.00 bits per heavy atom. The molecular weight excluding hydrogens is 413 g/mol. The molecule has 5 N–H and O–H groups in total. The Hall–Kier alpha value is -2.30. The smallest absolute Gasteiger partial charge is 0.522 e. The van der Waals surface area contributed by atoms with Crippen molar-refractivity contribution >= 4 is 19.0 Å². The van der Waals surface area contributed by atoms with Gasteiger partial charge in [0.05, 0.1) is 13.1 Å². The molecule has 1 aromatic rings. The number of hydrogen-bond acceptors (Lipinski definition) is 7. The Bertz CT molecular complexity index is 839. The molecule has 1 saturated heterocycles. The monoisotopic (exact) mass is 445 g/mol. The first-order valence-corrected chi connectivity index (χ1v) is 11.6. The van der Waals surface area contributed by atoms with E-state index in [9.17, 15) is 19.7 Å². The molecule has 1 saturated carbocycles. The number of nitrogens with zero attached hydrogens (tertiary/aromatic N) is 1. The fraction of sp³-hybridized carbons (Fsp3) is 0.636. The first-order valence-electron chi connectivity index (χ1n) is 11.6. The third kappa shape index (κ3) is 5.19. The number of carboxylic acids is 1. The number of carboxylic acid groups (broad SMARTS) is 1. The van der Waals surface area contributed by atoms with Crippen LogP contribution in [0, 0.1) is 5.92 Å². The highest BCUT2D eigenvalue weighted by atomic mass is 16.5. The molecule has 1 aliphatic carbocycles. The highest BCUT2D eigenvalue weighted by Gasteiger charge is 2.36. The molecule has 10 heteroatoms. The molecule has 4 rings (SSSR count). The normalized spacial score (nSPS) is 23.2. The van der Waals surface area contributed by atoms with Crippen LogP contribution >= 0.6 is 0 Å². The summed E-state index contributed by atoms with van der Waals surface area (Å²) >= 11 is 0. The molecule has 2 heterocycles. The van der Waals surface area contributed by atoms with Gasteiger partial charge in [-0.1, -0.05) is 6.07 Å². The van der Waals surface area contributed by atoms with Crippen molar-refractivity contribution in [1.82, 2.24) is 10.2 Å². The summed E-state index contributed by atoms with van der Waals surface area (Å²) in [7, 11) is -1.01. The fourth-order valence-corrected chi connectivity index (χ4v) is 4.84. The SMILES string of the molecule is NCCN[C@H]1CC[C@H](CC(=O)N2CC(Oc3ccc4c(c3C(=O)O)OB(O)CC4)C2)CC1. The number of hydrogen-bond donors (Lipinski definition) is 4. The average Bonchev–Trinajstić information content (AvgIpc) is 2.74. The van der Waals surface area contributed by atoms with Gasteiger partial charge in [-0.05, 0) is 56.0 Å². The summed E-state index contributed by atoms with van der Waals surface area (Å²) in [6.45, 7) is 2.38. The second-order valence-corrected chi connectivity index (χ2v) is 9.05. The number of nitrogens with one attached hydrogen (secondary N) is 1. The number of aryl methyl sites for hydroxylation is 1. The number of fused-ring (bicyclic) bond motifs is 1. The zero-order chi connectivity index (χ0) is 22.7. The van der Waals surface area contributed by atoms with Crippen molar-refractivity contribution in [3.05, 3.63) is 23.3 Å². The lowest BCUT2D eigenvalue weighted by molar-refractivity contribution is -0.141. The predicted molar refractivity (Wildman–Crippen MR) is 119 cm³/mol. The van der Waals surface area contributed by atoms with Crippen LogP contribution in [0.15, 0.2) is 12.1 Å². The van der Waals surface area contributed by atoms with E-state index in [0.717, 1.165) is 37.8 Å². The lowest BCUT2D eigenvalue weighted by Gasteiger charge is -2.40. The quantitative estimate of drug-likeness (QED) is 0.434. The fourth-order valence-electron chi connectivity index (χ4n) is 4.84. The lowest BCUT2D eigenvalue weighted by Crippen LogP contribution is -2.56. The average molecular weight is 445 g/mol. The van der Waals surface area contributed by atoms with Gasteiger partial charge in [-0.3, -0.25) is 4.79 Å². The largest absolute Gasteiger partial charge is 0.535 e. The molecule has 1 aromatic carbocycles. The maximum atomic E-state index is 12.6. The molecule has 9 nitrogen and oxygen atoms in total. The first kappa shape index (κ1) is 22.9. The second kappa shape index (κ2) is 10.1. The number of carbonyl (C=O) groups is 2. The Balaban J connectivity index is 1.27. The molecule has 0 radical (unpaired) electrons. The van der Waals surface area contributed by atoms with Gasteiger partial charge in [0.25, 0.3) is 0 Å². The van der Waals surface area contributed by atoms with Gasteiger partial charge < -0.3 is 35.5 Å². The standard InChI is InChI=1S/C22H32BN3O6/c24-9-10-25-16-4-1-14(2-5-16)11-19(27)26-12-17(13-26)31-18-6-3-15-7-8-23(30)32-21(15)20(18)22(28)29/h3,6,14,16-17,25,30H,1-2,4-5,7-13,24H2,(H,28,29)/t14-,16-. The summed E-state index contributed by atoms with van der Waals surface area (Å²) in [5, 5.41) is 22.9. The van der Waals surface area contributed by atoms with Crippen molar-refractivity contribution in [3.63, 3.8) is 0 Å². The van der Waals surface area contributed by atoms with Crippen molar-refractivity contribution in [2.75, 3.05) is 26.2 Å². The minimum Gasteiger partial charge on any atom is -0.535 e. The minimum atomic E-state index is -1.16. The van der Waals surface area contributed by atoms with E-state index in [-0.39, 0.29) is 29.1 Å². The molecule has 0 spiro atoms. The zero-order valence-electron chi connectivity index (χ0n) is 18.3. The summed E-state index contributed by atoms with van der Waals surface area (Å²) in [4.78, 5) is 26.3. The van der Waals surface area contributed by atoms with Gasteiger partial charge in [-0.25, -0.2) is 4.79 Å². The topological polar surface area (TPSA) is 134 Å². The van der Waals surface area contributed by atoms with Crippen molar-refractivity contribution < 1.29 is 29.1 Å².